The lowest BCUT2D eigenvalue weighted by Crippen LogP contribution is -2.64. The summed E-state index contributed by atoms with van der Waals surface area (Å²) in [5.74, 6) is 1.02. The lowest BCUT2D eigenvalue weighted by atomic mass is 9.78. The quantitative estimate of drug-likeness (QED) is 0.804. The number of aromatic nitrogens is 4. The van der Waals surface area contributed by atoms with Crippen molar-refractivity contribution in [3.63, 3.8) is 0 Å². The molecule has 138 valence electrons. The molecule has 1 spiro atoms. The van der Waals surface area contributed by atoms with E-state index in [1.54, 1.807) is 6.92 Å². The first-order valence-electron chi connectivity index (χ1n) is 9.53. The number of carbonyl (C=O) groups excluding carboxylic acids is 1. The molecule has 3 heterocycles. The van der Waals surface area contributed by atoms with Crippen LogP contribution in [0, 0.1) is 0 Å². The molecule has 1 aromatic rings. The van der Waals surface area contributed by atoms with Crippen LogP contribution in [0.5, 0.6) is 0 Å². The zero-order chi connectivity index (χ0) is 17.4. The van der Waals surface area contributed by atoms with Crippen molar-refractivity contribution in [2.24, 2.45) is 0 Å². The average molecular weight is 348 g/mol. The predicted molar refractivity (Wildman–Crippen MR) is 92.3 cm³/mol. The molecule has 1 aromatic heterocycles. The van der Waals surface area contributed by atoms with Crippen molar-refractivity contribution >= 4 is 11.9 Å². The fraction of sp³-hybridized carbons (Fsp3) is 0.882. The second-order valence-electron chi connectivity index (χ2n) is 7.73. The first kappa shape index (κ1) is 16.8. The molecule has 8 heteroatoms. The third kappa shape index (κ3) is 2.90. The van der Waals surface area contributed by atoms with Gasteiger partial charge >= 0.3 is 0 Å². The molecule has 1 aliphatic carbocycles. The number of amides is 1. The van der Waals surface area contributed by atoms with Gasteiger partial charge in [-0.2, -0.15) is 0 Å². The maximum Gasteiger partial charge on any atom is 0.246 e. The van der Waals surface area contributed by atoms with Crippen molar-refractivity contribution in [3.8, 4) is 0 Å². The maximum absolute atomic E-state index is 12.2. The third-order valence-corrected chi connectivity index (χ3v) is 6.22. The fourth-order valence-electron chi connectivity index (χ4n) is 4.93. The largest absolute Gasteiger partial charge is 0.376 e. The van der Waals surface area contributed by atoms with Crippen molar-refractivity contribution < 1.29 is 9.53 Å². The maximum atomic E-state index is 12.2. The summed E-state index contributed by atoms with van der Waals surface area (Å²) in [6, 6.07) is 0.193. The topological polar surface area (TPSA) is 76.4 Å². The van der Waals surface area contributed by atoms with Gasteiger partial charge < -0.3 is 14.5 Å². The van der Waals surface area contributed by atoms with E-state index in [-0.39, 0.29) is 23.6 Å². The smallest absolute Gasteiger partial charge is 0.246 e. The molecule has 2 atom stereocenters. The number of hydrogen-bond acceptors (Lipinski definition) is 6. The number of nitrogens with zero attached hydrogens (tertiary/aromatic N) is 6. The highest BCUT2D eigenvalue weighted by molar-refractivity contribution is 5.74. The Morgan fingerprint density at radius 1 is 1.24 bits per heavy atom. The number of carbonyl (C=O) groups is 1. The normalized spacial score (nSPS) is 29.4. The van der Waals surface area contributed by atoms with Gasteiger partial charge in [-0.1, -0.05) is 24.4 Å². The minimum atomic E-state index is -0.0586. The van der Waals surface area contributed by atoms with Crippen LogP contribution in [0.4, 0.5) is 5.95 Å². The Balaban J connectivity index is 1.60. The molecule has 2 saturated heterocycles. The van der Waals surface area contributed by atoms with Gasteiger partial charge in [-0.25, -0.2) is 4.68 Å². The zero-order valence-corrected chi connectivity index (χ0v) is 15.2. The summed E-state index contributed by atoms with van der Waals surface area (Å²) in [7, 11) is 0. The van der Waals surface area contributed by atoms with Crippen LogP contribution in [-0.2, 0) is 9.53 Å². The summed E-state index contributed by atoms with van der Waals surface area (Å²) >= 11 is 0. The zero-order valence-electron chi connectivity index (χ0n) is 15.2. The van der Waals surface area contributed by atoms with Crippen molar-refractivity contribution in [1.29, 1.82) is 0 Å². The summed E-state index contributed by atoms with van der Waals surface area (Å²) in [5.41, 5.74) is -0.0586. The predicted octanol–water partition coefficient (Wildman–Crippen LogP) is 1.39. The van der Waals surface area contributed by atoms with Crippen LogP contribution in [-0.4, -0.2) is 68.9 Å². The van der Waals surface area contributed by atoms with E-state index in [0.29, 0.717) is 0 Å². The number of hydrogen-bond donors (Lipinski definition) is 0. The summed E-state index contributed by atoms with van der Waals surface area (Å²) in [4.78, 5) is 16.6. The summed E-state index contributed by atoms with van der Waals surface area (Å²) in [6.07, 6.45) is 6.87. The molecule has 1 amide bonds. The van der Waals surface area contributed by atoms with E-state index >= 15 is 0 Å². The van der Waals surface area contributed by atoms with E-state index in [1.807, 2.05) is 4.68 Å². The highest BCUT2D eigenvalue weighted by atomic mass is 16.5. The van der Waals surface area contributed by atoms with Gasteiger partial charge in [0.15, 0.2) is 0 Å². The lowest BCUT2D eigenvalue weighted by Gasteiger charge is -2.52. The van der Waals surface area contributed by atoms with Crippen LogP contribution in [0.3, 0.4) is 0 Å². The molecule has 0 N–H and O–H groups in total. The molecule has 4 rings (SSSR count). The molecule has 1 saturated carbocycles. The molecule has 8 nitrogen and oxygen atoms in total. The molecule has 2 aliphatic heterocycles. The molecular weight excluding hydrogens is 320 g/mol. The Hall–Kier alpha value is -1.70. The second kappa shape index (κ2) is 6.55. The molecule has 25 heavy (non-hydrogen) atoms. The molecule has 0 bridgehead atoms. The number of anilines is 1. The van der Waals surface area contributed by atoms with Crippen LogP contribution in [0.2, 0.25) is 0 Å². The number of rotatable bonds is 2. The molecule has 0 unspecified atom stereocenters. The molecule has 3 fully saturated rings. The Bertz CT molecular complexity index is 626. The van der Waals surface area contributed by atoms with Crippen molar-refractivity contribution in [2.45, 2.75) is 70.1 Å². The summed E-state index contributed by atoms with van der Waals surface area (Å²) < 4.78 is 7.64. The Kier molecular flexibility index (Phi) is 4.39. The number of tetrazole rings is 1. The van der Waals surface area contributed by atoms with E-state index in [4.69, 9.17) is 4.74 Å². The minimum Gasteiger partial charge on any atom is -0.376 e. The summed E-state index contributed by atoms with van der Waals surface area (Å²) in [6.45, 7) is 6.90. The van der Waals surface area contributed by atoms with Gasteiger partial charge in [0.2, 0.25) is 11.9 Å². The van der Waals surface area contributed by atoms with Gasteiger partial charge in [0.1, 0.15) is 0 Å². The number of piperazine rings is 1. The number of ether oxygens (including phenoxy) is 1. The van der Waals surface area contributed by atoms with Crippen molar-refractivity contribution in [2.75, 3.05) is 31.1 Å². The average Bonchev–Trinajstić information content (AvgIpc) is 3.23. The van der Waals surface area contributed by atoms with Gasteiger partial charge in [0.25, 0.3) is 0 Å². The van der Waals surface area contributed by atoms with E-state index in [0.717, 1.165) is 51.5 Å². The lowest BCUT2D eigenvalue weighted by molar-refractivity contribution is -0.137. The Labute approximate surface area is 148 Å². The van der Waals surface area contributed by atoms with Crippen LogP contribution >= 0.6 is 0 Å². The minimum absolute atomic E-state index is 0.0586. The van der Waals surface area contributed by atoms with Gasteiger partial charge in [-0.05, 0) is 36.6 Å². The van der Waals surface area contributed by atoms with Crippen LogP contribution < -0.4 is 4.90 Å². The molecular formula is C17H28N6O2. The standard InChI is InChI=1S/C17H28N6O2/c1-13-15(6-11-25-13)23-16(18-19-20-23)21-9-10-22(14(2)24)17(12-21)7-4-3-5-8-17/h13,15H,3-12H2,1-2H3/t13-,15-/m1/s1. The van der Waals surface area contributed by atoms with Crippen molar-refractivity contribution in [3.05, 3.63) is 0 Å². The molecule has 0 radical (unpaired) electrons. The van der Waals surface area contributed by atoms with Crippen LogP contribution in [0.15, 0.2) is 0 Å². The van der Waals surface area contributed by atoms with Gasteiger partial charge in [0, 0.05) is 33.2 Å². The van der Waals surface area contributed by atoms with E-state index in [9.17, 15) is 4.79 Å². The highest BCUT2D eigenvalue weighted by Gasteiger charge is 2.45. The molecule has 3 aliphatic rings. The van der Waals surface area contributed by atoms with E-state index in [1.165, 1.54) is 19.3 Å². The second-order valence-corrected chi connectivity index (χ2v) is 7.73. The molecule has 0 aromatic carbocycles. The third-order valence-electron chi connectivity index (χ3n) is 6.22. The van der Waals surface area contributed by atoms with Gasteiger partial charge in [0.05, 0.1) is 17.7 Å². The van der Waals surface area contributed by atoms with Crippen LogP contribution in [0.25, 0.3) is 0 Å². The van der Waals surface area contributed by atoms with Crippen LogP contribution in [0.1, 0.15) is 58.4 Å². The first-order chi connectivity index (χ1) is 12.1. The SMILES string of the molecule is CC(=O)N1CCN(c2nnnn2[C@@H]2CCO[C@@H]2C)CC12CCCCC2. The fourth-order valence-corrected chi connectivity index (χ4v) is 4.93. The Morgan fingerprint density at radius 3 is 2.72 bits per heavy atom. The van der Waals surface area contributed by atoms with Gasteiger partial charge in [-0.15, -0.1) is 0 Å². The van der Waals surface area contributed by atoms with E-state index in [2.05, 4.69) is 32.2 Å². The first-order valence-corrected chi connectivity index (χ1v) is 9.53. The highest BCUT2D eigenvalue weighted by Crippen LogP contribution is 2.38. The Morgan fingerprint density at radius 2 is 2.04 bits per heavy atom. The van der Waals surface area contributed by atoms with Crippen molar-refractivity contribution in [1.82, 2.24) is 25.1 Å². The van der Waals surface area contributed by atoms with Gasteiger partial charge in [-0.3, -0.25) is 4.79 Å². The summed E-state index contributed by atoms with van der Waals surface area (Å²) in [5, 5.41) is 12.5. The van der Waals surface area contributed by atoms with E-state index < -0.39 is 0 Å². The monoisotopic (exact) mass is 348 g/mol.